The number of hydrogen-bond donors (Lipinski definition) is 0. The molecule has 2 aromatic rings. The summed E-state index contributed by atoms with van der Waals surface area (Å²) in [6.45, 7) is 6.04. The Kier molecular flexibility index (Phi) is 3.61. The van der Waals surface area contributed by atoms with Gasteiger partial charge in [0.25, 0.3) is 0 Å². The normalized spacial score (nSPS) is 10.4. The number of carbonyl (C=O) groups is 1. The molecule has 0 saturated carbocycles. The van der Waals surface area contributed by atoms with Gasteiger partial charge < -0.3 is 0 Å². The minimum atomic E-state index is 0.205. The van der Waals surface area contributed by atoms with Crippen LogP contribution in [0.1, 0.15) is 32.6 Å². The van der Waals surface area contributed by atoms with Crippen molar-refractivity contribution in [3.63, 3.8) is 0 Å². The highest BCUT2D eigenvalue weighted by Crippen LogP contribution is 2.16. The van der Waals surface area contributed by atoms with Crippen molar-refractivity contribution in [1.82, 2.24) is 0 Å². The molecule has 2 rings (SSSR count). The Morgan fingerprint density at radius 2 is 1.56 bits per heavy atom. The molecule has 0 aliphatic rings. The van der Waals surface area contributed by atoms with Crippen molar-refractivity contribution < 1.29 is 4.79 Å². The minimum Gasteiger partial charge on any atom is -0.294 e. The van der Waals surface area contributed by atoms with Gasteiger partial charge in [0.15, 0.2) is 5.78 Å². The van der Waals surface area contributed by atoms with E-state index in [1.807, 2.05) is 57.2 Å². The molecule has 18 heavy (non-hydrogen) atoms. The van der Waals surface area contributed by atoms with Crippen LogP contribution in [0.2, 0.25) is 0 Å². The second-order valence-corrected chi connectivity index (χ2v) is 4.86. The maximum absolute atomic E-state index is 12.4. The van der Waals surface area contributed by atoms with Crippen molar-refractivity contribution in [2.75, 3.05) is 0 Å². The molecule has 92 valence electrons. The van der Waals surface area contributed by atoms with Crippen molar-refractivity contribution in [3.05, 3.63) is 70.3 Å². The van der Waals surface area contributed by atoms with Crippen LogP contribution in [0.4, 0.5) is 0 Å². The van der Waals surface area contributed by atoms with Gasteiger partial charge in [0.2, 0.25) is 0 Å². The lowest BCUT2D eigenvalue weighted by Gasteiger charge is -2.09. The molecular formula is C17H18O. The number of hydrogen-bond acceptors (Lipinski definition) is 1. The Balaban J connectivity index is 2.28. The fourth-order valence-corrected chi connectivity index (χ4v) is 2.35. The SMILES string of the molecule is Cc1cccc(CC(=O)c2c(C)cccc2C)c1. The van der Waals surface area contributed by atoms with Crippen LogP contribution in [-0.2, 0) is 6.42 Å². The zero-order chi connectivity index (χ0) is 13.1. The first-order valence-electron chi connectivity index (χ1n) is 6.23. The summed E-state index contributed by atoms with van der Waals surface area (Å²) < 4.78 is 0. The highest BCUT2D eigenvalue weighted by molar-refractivity contribution is 6.00. The standard InChI is InChI=1S/C17H18O/c1-12-6-4-9-15(10-12)11-16(18)17-13(2)7-5-8-14(17)3/h4-10H,11H2,1-3H3. The Morgan fingerprint density at radius 3 is 2.17 bits per heavy atom. The molecule has 2 aromatic carbocycles. The third-order valence-electron chi connectivity index (χ3n) is 3.21. The average molecular weight is 238 g/mol. The molecular weight excluding hydrogens is 220 g/mol. The van der Waals surface area contributed by atoms with E-state index in [-0.39, 0.29) is 5.78 Å². The van der Waals surface area contributed by atoms with Crippen molar-refractivity contribution in [2.45, 2.75) is 27.2 Å². The fourth-order valence-electron chi connectivity index (χ4n) is 2.35. The number of rotatable bonds is 3. The number of aryl methyl sites for hydroxylation is 3. The lowest BCUT2D eigenvalue weighted by atomic mass is 9.95. The van der Waals surface area contributed by atoms with Gasteiger partial charge in [0, 0.05) is 12.0 Å². The Morgan fingerprint density at radius 1 is 0.944 bits per heavy atom. The molecule has 0 aromatic heterocycles. The molecule has 0 N–H and O–H groups in total. The van der Waals surface area contributed by atoms with Crippen LogP contribution in [0.5, 0.6) is 0 Å². The van der Waals surface area contributed by atoms with Crippen LogP contribution in [0.3, 0.4) is 0 Å². The van der Waals surface area contributed by atoms with E-state index < -0.39 is 0 Å². The molecule has 0 fully saturated rings. The molecule has 0 atom stereocenters. The smallest absolute Gasteiger partial charge is 0.167 e. The highest BCUT2D eigenvalue weighted by atomic mass is 16.1. The highest BCUT2D eigenvalue weighted by Gasteiger charge is 2.12. The average Bonchev–Trinajstić information content (AvgIpc) is 2.28. The third kappa shape index (κ3) is 2.67. The summed E-state index contributed by atoms with van der Waals surface area (Å²) >= 11 is 0. The van der Waals surface area contributed by atoms with Gasteiger partial charge in [-0.15, -0.1) is 0 Å². The summed E-state index contributed by atoms with van der Waals surface area (Å²) in [7, 11) is 0. The maximum Gasteiger partial charge on any atom is 0.167 e. The monoisotopic (exact) mass is 238 g/mol. The molecule has 0 bridgehead atoms. The summed E-state index contributed by atoms with van der Waals surface area (Å²) in [5.41, 5.74) is 5.28. The molecule has 0 unspecified atom stereocenters. The Bertz CT molecular complexity index is 562. The van der Waals surface area contributed by atoms with Crippen LogP contribution in [0.15, 0.2) is 42.5 Å². The lowest BCUT2D eigenvalue weighted by molar-refractivity contribution is 0.0992. The molecule has 0 aliphatic heterocycles. The van der Waals surface area contributed by atoms with Gasteiger partial charge in [-0.25, -0.2) is 0 Å². The van der Waals surface area contributed by atoms with E-state index in [1.165, 1.54) is 5.56 Å². The van der Waals surface area contributed by atoms with Crippen LogP contribution >= 0.6 is 0 Å². The second kappa shape index (κ2) is 5.18. The van der Waals surface area contributed by atoms with Crippen LogP contribution in [0, 0.1) is 20.8 Å². The zero-order valence-corrected chi connectivity index (χ0v) is 11.2. The van der Waals surface area contributed by atoms with Crippen molar-refractivity contribution >= 4 is 5.78 Å². The summed E-state index contributed by atoms with van der Waals surface area (Å²) in [5, 5.41) is 0. The van der Waals surface area contributed by atoms with E-state index >= 15 is 0 Å². The summed E-state index contributed by atoms with van der Waals surface area (Å²) in [5.74, 6) is 0.205. The van der Waals surface area contributed by atoms with Crippen molar-refractivity contribution in [1.29, 1.82) is 0 Å². The Labute approximate surface area is 108 Å². The molecule has 0 saturated heterocycles. The van der Waals surface area contributed by atoms with E-state index in [1.54, 1.807) is 0 Å². The maximum atomic E-state index is 12.4. The Hall–Kier alpha value is -1.89. The molecule has 1 nitrogen and oxygen atoms in total. The third-order valence-corrected chi connectivity index (χ3v) is 3.21. The first-order chi connectivity index (χ1) is 8.58. The van der Waals surface area contributed by atoms with E-state index in [0.717, 1.165) is 22.3 Å². The number of Topliss-reactive ketones (excluding diaryl/α,β-unsaturated/α-hetero) is 1. The predicted molar refractivity (Wildman–Crippen MR) is 75.1 cm³/mol. The lowest BCUT2D eigenvalue weighted by Crippen LogP contribution is -2.08. The minimum absolute atomic E-state index is 0.205. The number of ketones is 1. The van der Waals surface area contributed by atoms with Gasteiger partial charge in [-0.3, -0.25) is 4.79 Å². The van der Waals surface area contributed by atoms with Gasteiger partial charge in [0.05, 0.1) is 0 Å². The molecule has 1 heteroatoms. The van der Waals surface area contributed by atoms with Crippen molar-refractivity contribution in [2.24, 2.45) is 0 Å². The topological polar surface area (TPSA) is 17.1 Å². The summed E-state index contributed by atoms with van der Waals surface area (Å²) in [6.07, 6.45) is 0.480. The number of benzene rings is 2. The predicted octanol–water partition coefficient (Wildman–Crippen LogP) is 4.04. The molecule has 0 spiro atoms. The van der Waals surface area contributed by atoms with Gasteiger partial charge in [0.1, 0.15) is 0 Å². The second-order valence-electron chi connectivity index (χ2n) is 4.86. The van der Waals surface area contributed by atoms with Gasteiger partial charge in [-0.1, -0.05) is 48.0 Å². The fraction of sp³-hybridized carbons (Fsp3) is 0.235. The largest absolute Gasteiger partial charge is 0.294 e. The van der Waals surface area contributed by atoms with Crippen LogP contribution in [0.25, 0.3) is 0 Å². The quantitative estimate of drug-likeness (QED) is 0.738. The molecule has 0 aliphatic carbocycles. The van der Waals surface area contributed by atoms with E-state index in [2.05, 4.69) is 6.07 Å². The first kappa shape index (κ1) is 12.6. The summed E-state index contributed by atoms with van der Waals surface area (Å²) in [4.78, 5) is 12.4. The van der Waals surface area contributed by atoms with E-state index in [4.69, 9.17) is 0 Å². The van der Waals surface area contributed by atoms with Gasteiger partial charge >= 0.3 is 0 Å². The van der Waals surface area contributed by atoms with Crippen LogP contribution < -0.4 is 0 Å². The molecule has 0 radical (unpaired) electrons. The van der Waals surface area contributed by atoms with E-state index in [0.29, 0.717) is 6.42 Å². The van der Waals surface area contributed by atoms with Crippen molar-refractivity contribution in [3.8, 4) is 0 Å². The first-order valence-corrected chi connectivity index (χ1v) is 6.23. The molecule has 0 amide bonds. The summed E-state index contributed by atoms with van der Waals surface area (Å²) in [6, 6.07) is 14.1. The van der Waals surface area contributed by atoms with Crippen LogP contribution in [-0.4, -0.2) is 5.78 Å². The van der Waals surface area contributed by atoms with Gasteiger partial charge in [-0.05, 0) is 37.5 Å². The number of carbonyl (C=O) groups excluding carboxylic acids is 1. The van der Waals surface area contributed by atoms with Gasteiger partial charge in [-0.2, -0.15) is 0 Å². The molecule has 0 heterocycles. The van der Waals surface area contributed by atoms with E-state index in [9.17, 15) is 4.79 Å². The zero-order valence-electron chi connectivity index (χ0n) is 11.2.